The lowest BCUT2D eigenvalue weighted by Crippen LogP contribution is -2.19. The molecular weight excluding hydrogens is 266 g/mol. The quantitative estimate of drug-likeness (QED) is 0.751. The topological polar surface area (TPSA) is 29.9 Å². The fourth-order valence-corrected chi connectivity index (χ4v) is 2.97. The van der Waals surface area contributed by atoms with Gasteiger partial charge in [-0.2, -0.15) is 0 Å². The molecule has 0 spiro atoms. The molecule has 0 radical (unpaired) electrons. The fraction of sp³-hybridized carbons (Fsp3) is 0.438. The van der Waals surface area contributed by atoms with Gasteiger partial charge in [0, 0.05) is 35.6 Å². The summed E-state index contributed by atoms with van der Waals surface area (Å²) in [6, 6.07) is 9.26. The van der Waals surface area contributed by atoms with Gasteiger partial charge in [0.2, 0.25) is 0 Å². The van der Waals surface area contributed by atoms with Crippen molar-refractivity contribution < 1.29 is 0 Å². The lowest BCUT2D eigenvalue weighted by atomic mass is 10.1. The molecule has 4 heteroatoms. The van der Waals surface area contributed by atoms with E-state index < -0.39 is 0 Å². The SMILES string of the molecule is CCCNC(C)c1cccc(SCCn2ccnc2)c1. The molecule has 20 heavy (non-hydrogen) atoms. The molecule has 0 fully saturated rings. The van der Waals surface area contributed by atoms with E-state index in [-0.39, 0.29) is 0 Å². The Kier molecular flexibility index (Phi) is 6.15. The molecule has 0 aliphatic rings. The molecule has 0 amide bonds. The third-order valence-corrected chi connectivity index (χ3v) is 4.21. The molecule has 1 unspecified atom stereocenters. The maximum absolute atomic E-state index is 4.06. The number of benzene rings is 1. The molecule has 3 nitrogen and oxygen atoms in total. The van der Waals surface area contributed by atoms with Crippen LogP contribution in [-0.2, 0) is 6.54 Å². The summed E-state index contributed by atoms with van der Waals surface area (Å²) >= 11 is 1.90. The van der Waals surface area contributed by atoms with Crippen LogP contribution in [0.15, 0.2) is 47.9 Å². The molecule has 2 aromatic rings. The number of rotatable bonds is 8. The van der Waals surface area contributed by atoms with Crippen LogP contribution < -0.4 is 5.32 Å². The van der Waals surface area contributed by atoms with E-state index in [2.05, 4.69) is 53.0 Å². The van der Waals surface area contributed by atoms with Gasteiger partial charge in [0.15, 0.2) is 0 Å². The molecule has 0 bridgehead atoms. The molecular formula is C16H23N3S. The molecule has 0 saturated carbocycles. The van der Waals surface area contributed by atoms with Gasteiger partial charge in [-0.3, -0.25) is 0 Å². The molecule has 0 saturated heterocycles. The molecule has 1 atom stereocenters. The van der Waals surface area contributed by atoms with Crippen molar-refractivity contribution in [3.8, 4) is 0 Å². The fourth-order valence-electron chi connectivity index (χ4n) is 2.04. The third-order valence-electron chi connectivity index (χ3n) is 3.24. The molecule has 108 valence electrons. The van der Waals surface area contributed by atoms with Crippen molar-refractivity contribution in [2.75, 3.05) is 12.3 Å². The van der Waals surface area contributed by atoms with Crippen LogP contribution in [0, 0.1) is 0 Å². The number of hydrogen-bond donors (Lipinski definition) is 1. The minimum Gasteiger partial charge on any atom is -0.337 e. The van der Waals surface area contributed by atoms with E-state index >= 15 is 0 Å². The summed E-state index contributed by atoms with van der Waals surface area (Å²) in [7, 11) is 0. The van der Waals surface area contributed by atoms with Gasteiger partial charge < -0.3 is 9.88 Å². The van der Waals surface area contributed by atoms with Crippen molar-refractivity contribution in [1.29, 1.82) is 0 Å². The van der Waals surface area contributed by atoms with Gasteiger partial charge in [0.1, 0.15) is 0 Å². The van der Waals surface area contributed by atoms with Gasteiger partial charge in [-0.05, 0) is 37.6 Å². The van der Waals surface area contributed by atoms with Crippen LogP contribution >= 0.6 is 11.8 Å². The molecule has 1 aromatic carbocycles. The van der Waals surface area contributed by atoms with Gasteiger partial charge in [0.25, 0.3) is 0 Å². The smallest absolute Gasteiger partial charge is 0.0946 e. The van der Waals surface area contributed by atoms with E-state index in [4.69, 9.17) is 0 Å². The Morgan fingerprint density at radius 1 is 1.40 bits per heavy atom. The summed E-state index contributed by atoms with van der Waals surface area (Å²) in [6.07, 6.45) is 6.87. The lowest BCUT2D eigenvalue weighted by Gasteiger charge is -2.14. The van der Waals surface area contributed by atoms with E-state index in [1.807, 2.05) is 30.5 Å². The Bertz CT molecular complexity index is 496. The van der Waals surface area contributed by atoms with Gasteiger partial charge in [-0.15, -0.1) is 11.8 Å². The van der Waals surface area contributed by atoms with Crippen LogP contribution in [0.2, 0.25) is 0 Å². The zero-order valence-corrected chi connectivity index (χ0v) is 13.1. The predicted octanol–water partition coefficient (Wildman–Crippen LogP) is 3.74. The largest absolute Gasteiger partial charge is 0.337 e. The van der Waals surface area contributed by atoms with E-state index in [1.165, 1.54) is 16.9 Å². The summed E-state index contributed by atoms with van der Waals surface area (Å²) < 4.78 is 2.11. The number of nitrogens with zero attached hydrogens (tertiary/aromatic N) is 2. The molecule has 1 N–H and O–H groups in total. The van der Waals surface area contributed by atoms with Crippen LogP contribution in [0.5, 0.6) is 0 Å². The van der Waals surface area contributed by atoms with Crippen molar-refractivity contribution in [3.63, 3.8) is 0 Å². The van der Waals surface area contributed by atoms with Gasteiger partial charge in [-0.25, -0.2) is 4.98 Å². The second-order valence-corrected chi connectivity index (χ2v) is 6.07. The number of thioether (sulfide) groups is 1. The van der Waals surface area contributed by atoms with Crippen LogP contribution in [0.3, 0.4) is 0 Å². The molecule has 0 aliphatic heterocycles. The summed E-state index contributed by atoms with van der Waals surface area (Å²) in [5.41, 5.74) is 1.37. The maximum Gasteiger partial charge on any atom is 0.0946 e. The highest BCUT2D eigenvalue weighted by Gasteiger charge is 2.05. The number of imidazole rings is 1. The highest BCUT2D eigenvalue weighted by molar-refractivity contribution is 7.99. The van der Waals surface area contributed by atoms with Crippen molar-refractivity contribution >= 4 is 11.8 Å². The third kappa shape index (κ3) is 4.69. The standard InChI is InChI=1S/C16H23N3S/c1-3-7-18-14(2)15-5-4-6-16(12-15)20-11-10-19-9-8-17-13-19/h4-6,8-9,12-14,18H,3,7,10-11H2,1-2H3. The number of aryl methyl sites for hydroxylation is 1. The van der Waals surface area contributed by atoms with Gasteiger partial charge in [-0.1, -0.05) is 19.1 Å². The normalized spacial score (nSPS) is 12.5. The minimum atomic E-state index is 0.421. The zero-order chi connectivity index (χ0) is 14.2. The van der Waals surface area contributed by atoms with Crippen LogP contribution in [0.25, 0.3) is 0 Å². The second kappa shape index (κ2) is 8.12. The van der Waals surface area contributed by atoms with Gasteiger partial charge >= 0.3 is 0 Å². The van der Waals surface area contributed by atoms with Crippen molar-refractivity contribution in [1.82, 2.24) is 14.9 Å². The zero-order valence-electron chi connectivity index (χ0n) is 12.2. The van der Waals surface area contributed by atoms with Crippen molar-refractivity contribution in [2.45, 2.75) is 37.8 Å². The second-order valence-electron chi connectivity index (χ2n) is 4.90. The minimum absolute atomic E-state index is 0.421. The van der Waals surface area contributed by atoms with E-state index in [1.54, 1.807) is 0 Å². The van der Waals surface area contributed by atoms with Gasteiger partial charge in [0.05, 0.1) is 6.33 Å². The molecule has 2 rings (SSSR count). The van der Waals surface area contributed by atoms with E-state index in [0.717, 1.165) is 18.8 Å². The lowest BCUT2D eigenvalue weighted by molar-refractivity contribution is 0.570. The highest BCUT2D eigenvalue weighted by Crippen LogP contribution is 2.22. The maximum atomic E-state index is 4.06. The Hall–Kier alpha value is -1.26. The van der Waals surface area contributed by atoms with Crippen molar-refractivity contribution in [2.24, 2.45) is 0 Å². The Labute approximate surface area is 125 Å². The van der Waals surface area contributed by atoms with Crippen LogP contribution in [0.4, 0.5) is 0 Å². The molecule has 0 aliphatic carbocycles. The first-order valence-corrected chi connectivity index (χ1v) is 8.20. The molecule has 1 heterocycles. The summed E-state index contributed by atoms with van der Waals surface area (Å²) in [4.78, 5) is 5.40. The summed E-state index contributed by atoms with van der Waals surface area (Å²) in [5.74, 6) is 1.07. The molecule has 1 aromatic heterocycles. The highest BCUT2D eigenvalue weighted by atomic mass is 32.2. The van der Waals surface area contributed by atoms with Crippen molar-refractivity contribution in [3.05, 3.63) is 48.5 Å². The number of aromatic nitrogens is 2. The first-order chi connectivity index (χ1) is 9.79. The van der Waals surface area contributed by atoms with Crippen LogP contribution in [-0.4, -0.2) is 21.8 Å². The van der Waals surface area contributed by atoms with Crippen LogP contribution in [0.1, 0.15) is 31.9 Å². The Balaban J connectivity index is 1.85. The Morgan fingerprint density at radius 3 is 3.05 bits per heavy atom. The van der Waals surface area contributed by atoms with E-state index in [0.29, 0.717) is 6.04 Å². The summed E-state index contributed by atoms with van der Waals surface area (Å²) in [5, 5.41) is 3.53. The monoisotopic (exact) mass is 289 g/mol. The van der Waals surface area contributed by atoms with E-state index in [9.17, 15) is 0 Å². The summed E-state index contributed by atoms with van der Waals surface area (Å²) in [6.45, 7) is 6.49. The average molecular weight is 289 g/mol. The number of hydrogen-bond acceptors (Lipinski definition) is 3. The Morgan fingerprint density at radius 2 is 2.30 bits per heavy atom. The predicted molar refractivity (Wildman–Crippen MR) is 86.1 cm³/mol. The first-order valence-electron chi connectivity index (χ1n) is 7.21. The number of nitrogens with one attached hydrogen (secondary N) is 1. The first kappa shape index (κ1) is 15.1. The average Bonchev–Trinajstić information content (AvgIpc) is 2.98.